The summed E-state index contributed by atoms with van der Waals surface area (Å²) in [6.45, 7) is 2.14. The number of rotatable bonds is 9. The largest absolute Gasteiger partial charge is 0.393 e. The van der Waals surface area contributed by atoms with Crippen molar-refractivity contribution in [2.75, 3.05) is 6.54 Å². The topological polar surface area (TPSA) is 106 Å². The number of aromatic nitrogens is 5. The standard InChI is InChI=1S/C27H32F3N7O2/c1-2-36-21(7-8-32-36)26(39)35-24(23(16-3-4-16)17-5-6-17)20-14-37-22(34-20)10-15(12-33-37)9-18-11-19(27(28,29)30)13-31-25(18)38/h7-8,10,12,14,16-19,23-24H,2-6,9,11,13H2,1H3,(H,31,38)(H,35,39)/t18-,19+,24-/m1/s1. The quantitative estimate of drug-likeness (QED) is 0.428. The van der Waals surface area contributed by atoms with Crippen LogP contribution in [0.1, 0.15) is 66.8 Å². The fraction of sp³-hybridized carbons (Fsp3) is 0.593. The first kappa shape index (κ1) is 25.8. The second kappa shape index (κ2) is 9.95. The normalized spacial score (nSPS) is 22.7. The number of aryl methyl sites for hydroxylation is 1. The zero-order valence-electron chi connectivity index (χ0n) is 21.7. The third-order valence-corrected chi connectivity index (χ3v) is 8.37. The van der Waals surface area contributed by atoms with Gasteiger partial charge in [-0.3, -0.25) is 14.3 Å². The molecule has 3 atom stereocenters. The third-order valence-electron chi connectivity index (χ3n) is 8.37. The first-order valence-corrected chi connectivity index (χ1v) is 13.7. The molecule has 0 unspecified atom stereocenters. The van der Waals surface area contributed by atoms with Crippen molar-refractivity contribution in [2.45, 2.75) is 64.2 Å². The van der Waals surface area contributed by atoms with Gasteiger partial charge in [-0.15, -0.1) is 0 Å². The van der Waals surface area contributed by atoms with E-state index in [4.69, 9.17) is 4.98 Å². The molecule has 3 fully saturated rings. The van der Waals surface area contributed by atoms with Crippen molar-refractivity contribution in [3.63, 3.8) is 0 Å². The van der Waals surface area contributed by atoms with Crippen LogP contribution in [0.3, 0.4) is 0 Å². The fourth-order valence-corrected chi connectivity index (χ4v) is 6.06. The van der Waals surface area contributed by atoms with E-state index in [2.05, 4.69) is 20.8 Å². The van der Waals surface area contributed by atoms with Gasteiger partial charge in [0.1, 0.15) is 5.69 Å². The molecule has 39 heavy (non-hydrogen) atoms. The molecular formula is C27H32F3N7O2. The number of nitrogens with zero attached hydrogens (tertiary/aromatic N) is 5. The summed E-state index contributed by atoms with van der Waals surface area (Å²) in [6.07, 6.45) is 5.13. The Morgan fingerprint density at radius 1 is 1.21 bits per heavy atom. The van der Waals surface area contributed by atoms with Crippen LogP contribution in [0.25, 0.3) is 5.65 Å². The number of fused-ring (bicyclic) bond motifs is 1. The van der Waals surface area contributed by atoms with Crippen molar-refractivity contribution in [3.8, 4) is 0 Å². The minimum Gasteiger partial charge on any atom is -0.355 e. The number of amides is 2. The highest BCUT2D eigenvalue weighted by Gasteiger charge is 2.47. The second-order valence-electron chi connectivity index (χ2n) is 11.2. The van der Waals surface area contributed by atoms with Gasteiger partial charge in [-0.1, -0.05) is 0 Å². The summed E-state index contributed by atoms with van der Waals surface area (Å²) in [6, 6.07) is 3.19. The van der Waals surface area contributed by atoms with Gasteiger partial charge in [0.25, 0.3) is 5.91 Å². The summed E-state index contributed by atoms with van der Waals surface area (Å²) in [7, 11) is 0. The summed E-state index contributed by atoms with van der Waals surface area (Å²) in [5.41, 5.74) is 2.40. The summed E-state index contributed by atoms with van der Waals surface area (Å²) in [4.78, 5) is 30.5. The molecule has 0 aromatic carbocycles. The molecule has 6 rings (SSSR count). The minimum absolute atomic E-state index is 0.151. The van der Waals surface area contributed by atoms with Crippen LogP contribution < -0.4 is 10.6 Å². The average molecular weight is 544 g/mol. The van der Waals surface area contributed by atoms with Gasteiger partial charge in [0.05, 0.1) is 30.0 Å². The Labute approximate surface area is 223 Å². The predicted molar refractivity (Wildman–Crippen MR) is 134 cm³/mol. The Morgan fingerprint density at radius 3 is 2.62 bits per heavy atom. The Hall–Kier alpha value is -3.44. The highest BCUT2D eigenvalue weighted by atomic mass is 19.4. The number of hydrogen-bond acceptors (Lipinski definition) is 5. The van der Waals surface area contributed by atoms with Gasteiger partial charge in [-0.25, -0.2) is 9.50 Å². The van der Waals surface area contributed by atoms with E-state index in [1.807, 2.05) is 13.1 Å². The van der Waals surface area contributed by atoms with Gasteiger partial charge in [-0.05, 0) is 80.9 Å². The number of imidazole rings is 1. The van der Waals surface area contributed by atoms with Crippen molar-refractivity contribution in [2.24, 2.45) is 29.6 Å². The molecule has 0 radical (unpaired) electrons. The molecule has 2 N–H and O–H groups in total. The van der Waals surface area contributed by atoms with Crippen LogP contribution in [0.4, 0.5) is 13.2 Å². The lowest BCUT2D eigenvalue weighted by atomic mass is 9.85. The van der Waals surface area contributed by atoms with E-state index < -0.39 is 18.0 Å². The summed E-state index contributed by atoms with van der Waals surface area (Å²) < 4.78 is 43.1. The van der Waals surface area contributed by atoms with Gasteiger partial charge >= 0.3 is 6.18 Å². The maximum absolute atomic E-state index is 13.3. The van der Waals surface area contributed by atoms with Crippen molar-refractivity contribution < 1.29 is 22.8 Å². The molecule has 4 heterocycles. The smallest absolute Gasteiger partial charge is 0.355 e. The number of carbonyl (C=O) groups excluding carboxylic acids is 2. The first-order valence-electron chi connectivity index (χ1n) is 13.7. The zero-order valence-corrected chi connectivity index (χ0v) is 21.7. The van der Waals surface area contributed by atoms with Gasteiger partial charge in [0.2, 0.25) is 5.91 Å². The number of alkyl halides is 3. The van der Waals surface area contributed by atoms with Crippen LogP contribution in [-0.4, -0.2) is 48.9 Å². The van der Waals surface area contributed by atoms with E-state index in [0.717, 1.165) is 25.7 Å². The maximum Gasteiger partial charge on any atom is 0.393 e. The van der Waals surface area contributed by atoms with Crippen LogP contribution >= 0.6 is 0 Å². The second-order valence-corrected chi connectivity index (χ2v) is 11.2. The van der Waals surface area contributed by atoms with Crippen molar-refractivity contribution >= 4 is 17.5 Å². The van der Waals surface area contributed by atoms with Gasteiger partial charge in [0.15, 0.2) is 5.65 Å². The van der Waals surface area contributed by atoms with E-state index >= 15 is 0 Å². The van der Waals surface area contributed by atoms with E-state index in [1.54, 1.807) is 33.7 Å². The van der Waals surface area contributed by atoms with Crippen LogP contribution in [0.5, 0.6) is 0 Å². The number of carbonyl (C=O) groups is 2. The molecule has 3 aromatic heterocycles. The van der Waals surface area contributed by atoms with Gasteiger partial charge < -0.3 is 10.6 Å². The molecular weight excluding hydrogens is 511 g/mol. The maximum atomic E-state index is 13.3. The van der Waals surface area contributed by atoms with Gasteiger partial charge in [-0.2, -0.15) is 23.4 Å². The van der Waals surface area contributed by atoms with Crippen LogP contribution in [0.2, 0.25) is 0 Å². The van der Waals surface area contributed by atoms with E-state index in [-0.39, 0.29) is 43.2 Å². The van der Waals surface area contributed by atoms with Gasteiger partial charge in [0, 0.05) is 25.2 Å². The lowest BCUT2D eigenvalue weighted by Gasteiger charge is -2.30. The molecule has 3 aliphatic rings. The SMILES string of the molecule is CCn1nccc1C(=O)N[C@H](c1cn2ncc(C[C@@H]3C[C@H](C(F)(F)F)CNC3=O)cc2n1)C(C1CC1)C1CC1. The number of hydrogen-bond donors (Lipinski definition) is 2. The molecule has 1 saturated heterocycles. The van der Waals surface area contributed by atoms with Crippen molar-refractivity contribution in [1.29, 1.82) is 0 Å². The van der Waals surface area contributed by atoms with Crippen LogP contribution in [-0.2, 0) is 17.8 Å². The zero-order chi connectivity index (χ0) is 27.3. The first-order chi connectivity index (χ1) is 18.7. The lowest BCUT2D eigenvalue weighted by molar-refractivity contribution is -0.183. The molecule has 208 valence electrons. The molecule has 2 aliphatic carbocycles. The Balaban J connectivity index is 1.26. The number of halogens is 3. The summed E-state index contributed by atoms with van der Waals surface area (Å²) >= 11 is 0. The van der Waals surface area contributed by atoms with Crippen molar-refractivity contribution in [1.82, 2.24) is 35.0 Å². The van der Waals surface area contributed by atoms with E-state index in [1.165, 1.54) is 0 Å². The summed E-state index contributed by atoms with van der Waals surface area (Å²) in [5, 5.41) is 14.3. The van der Waals surface area contributed by atoms with Crippen LogP contribution in [0.15, 0.2) is 30.7 Å². The van der Waals surface area contributed by atoms with E-state index in [0.29, 0.717) is 41.0 Å². The highest BCUT2D eigenvalue weighted by Crippen LogP contribution is 2.54. The van der Waals surface area contributed by atoms with E-state index in [9.17, 15) is 22.8 Å². The lowest BCUT2D eigenvalue weighted by Crippen LogP contribution is -2.47. The molecule has 1 aliphatic heterocycles. The number of nitrogens with one attached hydrogen (secondary N) is 2. The molecule has 2 saturated carbocycles. The molecule has 3 aromatic rings. The Morgan fingerprint density at radius 2 is 1.95 bits per heavy atom. The van der Waals surface area contributed by atoms with Crippen LogP contribution in [0, 0.1) is 29.6 Å². The minimum atomic E-state index is -4.35. The summed E-state index contributed by atoms with van der Waals surface area (Å²) in [5.74, 6) is -1.54. The highest BCUT2D eigenvalue weighted by molar-refractivity contribution is 5.92. The number of piperidine rings is 1. The monoisotopic (exact) mass is 543 g/mol. The molecule has 2 amide bonds. The molecule has 12 heteroatoms. The predicted octanol–water partition coefficient (Wildman–Crippen LogP) is 3.71. The Bertz CT molecular complexity index is 1360. The molecule has 0 spiro atoms. The van der Waals surface area contributed by atoms with Crippen molar-refractivity contribution in [3.05, 3.63) is 47.7 Å². The third kappa shape index (κ3) is 5.38. The molecule has 0 bridgehead atoms. The molecule has 9 nitrogen and oxygen atoms in total. The Kier molecular flexibility index (Phi) is 6.58. The average Bonchev–Trinajstić information content (AvgIpc) is 3.83. The fourth-order valence-electron chi connectivity index (χ4n) is 6.06.